The zero-order chi connectivity index (χ0) is 13.0. The Bertz CT molecular complexity index is 404. The monoisotopic (exact) mass is 259 g/mol. The molecule has 0 saturated heterocycles. The Morgan fingerprint density at radius 2 is 2.29 bits per heavy atom. The van der Waals surface area contributed by atoms with Crippen molar-refractivity contribution >= 4 is 17.6 Å². The predicted molar refractivity (Wildman–Crippen MR) is 66.1 cm³/mol. The fourth-order valence-electron chi connectivity index (χ4n) is 1.81. The van der Waals surface area contributed by atoms with E-state index in [1.165, 1.54) is 0 Å². The van der Waals surface area contributed by atoms with Crippen molar-refractivity contribution in [1.29, 1.82) is 0 Å². The summed E-state index contributed by atoms with van der Waals surface area (Å²) in [5.41, 5.74) is 6.90. The van der Waals surface area contributed by atoms with Crippen LogP contribution < -0.4 is 5.73 Å². The van der Waals surface area contributed by atoms with Gasteiger partial charge in [-0.3, -0.25) is 9.48 Å². The third-order valence-corrected chi connectivity index (χ3v) is 3.30. The molecule has 6 heteroatoms. The lowest BCUT2D eigenvalue weighted by Crippen LogP contribution is -2.19. The molecule has 1 aromatic rings. The van der Waals surface area contributed by atoms with Gasteiger partial charge in [0.25, 0.3) is 0 Å². The van der Waals surface area contributed by atoms with E-state index in [1.54, 1.807) is 11.7 Å². The van der Waals surface area contributed by atoms with Crippen LogP contribution in [0, 0.1) is 12.8 Å². The lowest BCUT2D eigenvalue weighted by Gasteiger charge is -2.12. The summed E-state index contributed by atoms with van der Waals surface area (Å²) in [5, 5.41) is 13.9. The summed E-state index contributed by atoms with van der Waals surface area (Å²) in [5.74, 6) is -1.26. The van der Waals surface area contributed by atoms with Crippen LogP contribution >= 0.6 is 11.6 Å². The third kappa shape index (κ3) is 3.44. The lowest BCUT2D eigenvalue weighted by atomic mass is 9.97. The zero-order valence-electron chi connectivity index (χ0n) is 10.1. The lowest BCUT2D eigenvalue weighted by molar-refractivity contribution is -0.142. The van der Waals surface area contributed by atoms with Gasteiger partial charge < -0.3 is 10.8 Å². The topological polar surface area (TPSA) is 81.1 Å². The number of carboxylic acids is 1. The Hall–Kier alpha value is -1.07. The van der Waals surface area contributed by atoms with Gasteiger partial charge in [0.05, 0.1) is 22.3 Å². The normalized spacial score (nSPS) is 12.7. The number of hydrogen-bond acceptors (Lipinski definition) is 3. The summed E-state index contributed by atoms with van der Waals surface area (Å²) in [7, 11) is 1.77. The number of rotatable bonds is 6. The fourth-order valence-corrected chi connectivity index (χ4v) is 2.05. The molecule has 0 bridgehead atoms. The van der Waals surface area contributed by atoms with E-state index in [4.69, 9.17) is 22.4 Å². The van der Waals surface area contributed by atoms with Crippen LogP contribution in [0.1, 0.15) is 24.2 Å². The highest BCUT2D eigenvalue weighted by atomic mass is 35.5. The van der Waals surface area contributed by atoms with Crippen LogP contribution in [0.15, 0.2) is 0 Å². The second-order valence-corrected chi connectivity index (χ2v) is 4.52. The summed E-state index contributed by atoms with van der Waals surface area (Å²) in [6.07, 6.45) is 1.66. The maximum atomic E-state index is 11.1. The number of aryl methyl sites for hydroxylation is 2. The standard InChI is InChI=1S/C11H18ClN3O2/c1-7-10(12)9(15(2)14-7)6-8(11(16)17)4-3-5-13/h8H,3-6,13H2,1-2H3,(H,16,17). The first-order valence-corrected chi connectivity index (χ1v) is 5.96. The molecule has 1 heterocycles. The summed E-state index contributed by atoms with van der Waals surface area (Å²) >= 11 is 6.10. The molecule has 1 rings (SSSR count). The van der Waals surface area contributed by atoms with Gasteiger partial charge in [0, 0.05) is 13.5 Å². The van der Waals surface area contributed by atoms with Gasteiger partial charge in [0.2, 0.25) is 0 Å². The van der Waals surface area contributed by atoms with E-state index in [2.05, 4.69) is 5.10 Å². The van der Waals surface area contributed by atoms with E-state index in [0.717, 1.165) is 11.4 Å². The van der Waals surface area contributed by atoms with E-state index in [0.29, 0.717) is 30.8 Å². The first kappa shape index (κ1) is 14.0. The summed E-state index contributed by atoms with van der Waals surface area (Å²) in [6, 6.07) is 0. The first-order chi connectivity index (χ1) is 7.97. The van der Waals surface area contributed by atoms with Gasteiger partial charge >= 0.3 is 5.97 Å². The van der Waals surface area contributed by atoms with Crippen LogP contribution in [0.4, 0.5) is 0 Å². The highest BCUT2D eigenvalue weighted by molar-refractivity contribution is 6.31. The molecule has 0 saturated carbocycles. The van der Waals surface area contributed by atoms with Crippen LogP contribution in [0.25, 0.3) is 0 Å². The van der Waals surface area contributed by atoms with Crippen molar-refractivity contribution in [1.82, 2.24) is 9.78 Å². The van der Waals surface area contributed by atoms with Gasteiger partial charge in [-0.25, -0.2) is 0 Å². The number of carboxylic acid groups (broad SMARTS) is 1. The molecule has 0 spiro atoms. The number of hydrogen-bond donors (Lipinski definition) is 2. The van der Waals surface area contributed by atoms with Crippen molar-refractivity contribution in [2.45, 2.75) is 26.2 Å². The molecule has 0 aliphatic heterocycles. The number of carbonyl (C=O) groups is 1. The van der Waals surface area contributed by atoms with Crippen molar-refractivity contribution in [2.24, 2.45) is 18.7 Å². The van der Waals surface area contributed by atoms with Crippen LogP contribution in [0.3, 0.4) is 0 Å². The van der Waals surface area contributed by atoms with Gasteiger partial charge in [0.15, 0.2) is 0 Å². The predicted octanol–water partition coefficient (Wildman–Crippen LogP) is 1.36. The molecule has 1 atom stereocenters. The molecule has 17 heavy (non-hydrogen) atoms. The van der Waals surface area contributed by atoms with Crippen LogP contribution in [0.2, 0.25) is 5.02 Å². The van der Waals surface area contributed by atoms with Gasteiger partial charge in [-0.2, -0.15) is 5.10 Å². The van der Waals surface area contributed by atoms with Crippen LogP contribution in [-0.2, 0) is 18.3 Å². The smallest absolute Gasteiger partial charge is 0.306 e. The summed E-state index contributed by atoms with van der Waals surface area (Å²) in [6.45, 7) is 2.31. The number of nitrogens with two attached hydrogens (primary N) is 1. The number of aliphatic carboxylic acids is 1. The molecule has 0 fully saturated rings. The van der Waals surface area contributed by atoms with E-state index in [9.17, 15) is 4.79 Å². The fraction of sp³-hybridized carbons (Fsp3) is 0.636. The average molecular weight is 260 g/mol. The van der Waals surface area contributed by atoms with Gasteiger partial charge in [-0.1, -0.05) is 11.6 Å². The number of nitrogens with zero attached hydrogens (tertiary/aromatic N) is 2. The third-order valence-electron chi connectivity index (χ3n) is 2.81. The largest absolute Gasteiger partial charge is 0.481 e. The molecule has 1 unspecified atom stereocenters. The van der Waals surface area contributed by atoms with E-state index in [1.807, 2.05) is 6.92 Å². The Morgan fingerprint density at radius 3 is 2.71 bits per heavy atom. The van der Waals surface area contributed by atoms with Gasteiger partial charge in [0.1, 0.15) is 0 Å². The van der Waals surface area contributed by atoms with E-state index >= 15 is 0 Å². The maximum Gasteiger partial charge on any atom is 0.306 e. The quantitative estimate of drug-likeness (QED) is 0.808. The van der Waals surface area contributed by atoms with Gasteiger partial charge in [-0.15, -0.1) is 0 Å². The summed E-state index contributed by atoms with van der Waals surface area (Å²) in [4.78, 5) is 11.1. The van der Waals surface area contributed by atoms with Crippen molar-refractivity contribution in [2.75, 3.05) is 6.54 Å². The molecule has 0 aromatic carbocycles. The Morgan fingerprint density at radius 1 is 1.65 bits per heavy atom. The van der Waals surface area contributed by atoms with Gasteiger partial charge in [-0.05, 0) is 26.3 Å². The minimum absolute atomic E-state index is 0.394. The maximum absolute atomic E-state index is 11.1. The average Bonchev–Trinajstić information content (AvgIpc) is 2.49. The zero-order valence-corrected chi connectivity index (χ0v) is 10.9. The Kier molecular flexibility index (Phi) is 4.96. The molecule has 96 valence electrons. The Labute approximate surface area is 106 Å². The van der Waals surface area contributed by atoms with Crippen molar-refractivity contribution in [3.8, 4) is 0 Å². The second kappa shape index (κ2) is 6.02. The molecule has 0 aliphatic carbocycles. The number of aromatic nitrogens is 2. The van der Waals surface area contributed by atoms with Crippen LogP contribution in [-0.4, -0.2) is 27.4 Å². The highest BCUT2D eigenvalue weighted by Gasteiger charge is 2.22. The molecule has 5 nitrogen and oxygen atoms in total. The van der Waals surface area contributed by atoms with E-state index < -0.39 is 11.9 Å². The minimum Gasteiger partial charge on any atom is -0.481 e. The second-order valence-electron chi connectivity index (χ2n) is 4.14. The van der Waals surface area contributed by atoms with Crippen molar-refractivity contribution in [3.63, 3.8) is 0 Å². The highest BCUT2D eigenvalue weighted by Crippen LogP contribution is 2.24. The molecule has 0 aliphatic rings. The molecular weight excluding hydrogens is 242 g/mol. The molecule has 0 amide bonds. The van der Waals surface area contributed by atoms with Crippen LogP contribution in [0.5, 0.6) is 0 Å². The first-order valence-electron chi connectivity index (χ1n) is 5.58. The number of halogens is 1. The molecule has 0 radical (unpaired) electrons. The molecule has 3 N–H and O–H groups in total. The van der Waals surface area contributed by atoms with Crippen molar-refractivity contribution in [3.05, 3.63) is 16.4 Å². The SMILES string of the molecule is Cc1nn(C)c(CC(CCCN)C(=O)O)c1Cl. The Balaban J connectivity index is 2.82. The van der Waals surface area contributed by atoms with E-state index in [-0.39, 0.29) is 0 Å². The minimum atomic E-state index is -0.812. The molecule has 1 aromatic heterocycles. The summed E-state index contributed by atoms with van der Waals surface area (Å²) < 4.78 is 1.65. The molecular formula is C11H18ClN3O2. The van der Waals surface area contributed by atoms with Crippen molar-refractivity contribution < 1.29 is 9.90 Å².